The van der Waals surface area contributed by atoms with Gasteiger partial charge in [-0.2, -0.15) is 5.10 Å². The predicted octanol–water partition coefficient (Wildman–Crippen LogP) is 5.00. The first-order valence-electron chi connectivity index (χ1n) is 11.7. The van der Waals surface area contributed by atoms with Crippen molar-refractivity contribution in [2.75, 3.05) is 13.1 Å². The summed E-state index contributed by atoms with van der Waals surface area (Å²) in [6, 6.07) is 15.5. The number of hydrogen-bond donors (Lipinski definition) is 1. The van der Waals surface area contributed by atoms with Crippen molar-refractivity contribution in [3.05, 3.63) is 75.2 Å². The standard InChI is InChI=1S/C24H26ClN3O3.C2H6/c25-18-11-9-17(10-12-18)15-22-20-6-1-2-7-21(20)24(31)28(26-22)16-19-5-3-13-27(19)14-4-8-23(29)30;1-2/h1-2,6-7,9-12,19H,3-5,8,13-16H2,(H,29,30);1-2H3. The molecule has 176 valence electrons. The molecule has 0 amide bonds. The van der Waals surface area contributed by atoms with Gasteiger partial charge in [0.2, 0.25) is 0 Å². The molecule has 1 aliphatic rings. The number of halogens is 1. The number of hydrogen-bond acceptors (Lipinski definition) is 4. The van der Waals surface area contributed by atoms with Crippen LogP contribution >= 0.6 is 11.6 Å². The molecule has 0 spiro atoms. The molecule has 1 saturated heterocycles. The lowest BCUT2D eigenvalue weighted by molar-refractivity contribution is -0.137. The van der Waals surface area contributed by atoms with E-state index in [1.165, 1.54) is 0 Å². The number of benzene rings is 2. The molecule has 0 radical (unpaired) electrons. The summed E-state index contributed by atoms with van der Waals surface area (Å²) in [4.78, 5) is 26.3. The maximum Gasteiger partial charge on any atom is 0.303 e. The first-order chi connectivity index (χ1) is 16.0. The van der Waals surface area contributed by atoms with Gasteiger partial charge >= 0.3 is 5.97 Å². The molecule has 1 N–H and O–H groups in total. The van der Waals surface area contributed by atoms with E-state index in [-0.39, 0.29) is 18.0 Å². The molecule has 1 aromatic heterocycles. The van der Waals surface area contributed by atoms with Crippen molar-refractivity contribution in [3.63, 3.8) is 0 Å². The highest BCUT2D eigenvalue weighted by Crippen LogP contribution is 2.21. The molecule has 1 fully saturated rings. The molecule has 1 unspecified atom stereocenters. The van der Waals surface area contributed by atoms with Gasteiger partial charge in [0.25, 0.3) is 5.56 Å². The van der Waals surface area contributed by atoms with E-state index in [0.717, 1.165) is 42.6 Å². The Morgan fingerprint density at radius 2 is 1.82 bits per heavy atom. The molecule has 2 aromatic carbocycles. The molecular formula is C26H32ClN3O3. The van der Waals surface area contributed by atoms with E-state index >= 15 is 0 Å². The number of carboxylic acids is 1. The predicted molar refractivity (Wildman–Crippen MR) is 133 cm³/mol. The van der Waals surface area contributed by atoms with Crippen molar-refractivity contribution in [2.45, 2.75) is 58.5 Å². The van der Waals surface area contributed by atoms with Gasteiger partial charge in [0, 0.05) is 29.3 Å². The van der Waals surface area contributed by atoms with Crippen LogP contribution in [0.4, 0.5) is 0 Å². The van der Waals surface area contributed by atoms with Crippen LogP contribution in [0, 0.1) is 0 Å². The molecule has 1 atom stereocenters. The lowest BCUT2D eigenvalue weighted by Crippen LogP contribution is -2.38. The Bertz CT molecular complexity index is 1130. The number of aliphatic carboxylic acids is 1. The Morgan fingerprint density at radius 3 is 2.52 bits per heavy atom. The highest BCUT2D eigenvalue weighted by Gasteiger charge is 2.26. The van der Waals surface area contributed by atoms with Crippen LogP contribution in [-0.2, 0) is 17.8 Å². The van der Waals surface area contributed by atoms with Crippen LogP contribution in [-0.4, -0.2) is 44.9 Å². The minimum atomic E-state index is -0.769. The summed E-state index contributed by atoms with van der Waals surface area (Å²) in [5.41, 5.74) is 1.88. The van der Waals surface area contributed by atoms with Gasteiger partial charge in [-0.15, -0.1) is 0 Å². The summed E-state index contributed by atoms with van der Waals surface area (Å²) in [6.45, 7) is 6.19. The lowest BCUT2D eigenvalue weighted by Gasteiger charge is -2.24. The van der Waals surface area contributed by atoms with Gasteiger partial charge in [-0.1, -0.05) is 55.8 Å². The molecule has 0 aliphatic carbocycles. The Morgan fingerprint density at radius 1 is 1.12 bits per heavy atom. The van der Waals surface area contributed by atoms with Crippen molar-refractivity contribution in [1.82, 2.24) is 14.7 Å². The van der Waals surface area contributed by atoms with Crippen LogP contribution in [0.3, 0.4) is 0 Å². The summed E-state index contributed by atoms with van der Waals surface area (Å²) in [5.74, 6) is -0.769. The van der Waals surface area contributed by atoms with Gasteiger partial charge < -0.3 is 5.11 Å². The summed E-state index contributed by atoms with van der Waals surface area (Å²) in [7, 11) is 0. The Hall–Kier alpha value is -2.70. The number of rotatable bonds is 8. The van der Waals surface area contributed by atoms with E-state index in [1.807, 2.05) is 62.4 Å². The second-order valence-corrected chi connectivity index (χ2v) is 8.55. The van der Waals surface area contributed by atoms with Crippen LogP contribution in [0.1, 0.15) is 50.8 Å². The normalized spacial score (nSPS) is 15.9. The SMILES string of the molecule is CC.O=C(O)CCCN1CCCC1Cn1nc(Cc2ccc(Cl)cc2)c2ccccc2c1=O. The van der Waals surface area contributed by atoms with Gasteiger partial charge in [0.05, 0.1) is 17.6 Å². The van der Waals surface area contributed by atoms with Crippen molar-refractivity contribution >= 4 is 28.3 Å². The second-order valence-electron chi connectivity index (χ2n) is 8.11. The smallest absolute Gasteiger partial charge is 0.303 e. The average molecular weight is 470 g/mol. The average Bonchev–Trinajstić information content (AvgIpc) is 3.26. The number of fused-ring (bicyclic) bond motifs is 1. The lowest BCUT2D eigenvalue weighted by atomic mass is 10.0. The Labute approximate surface area is 199 Å². The molecule has 0 saturated carbocycles. The third-order valence-corrected chi connectivity index (χ3v) is 6.20. The Balaban J connectivity index is 0.00000149. The van der Waals surface area contributed by atoms with Gasteiger partial charge in [-0.3, -0.25) is 14.5 Å². The minimum Gasteiger partial charge on any atom is -0.481 e. The van der Waals surface area contributed by atoms with E-state index < -0.39 is 5.97 Å². The molecule has 6 nitrogen and oxygen atoms in total. The van der Waals surface area contributed by atoms with Gasteiger partial charge in [0.15, 0.2) is 0 Å². The summed E-state index contributed by atoms with van der Waals surface area (Å²) in [5, 5.41) is 15.9. The molecule has 0 bridgehead atoms. The maximum absolute atomic E-state index is 13.2. The summed E-state index contributed by atoms with van der Waals surface area (Å²) in [6.07, 6.45) is 3.44. The first-order valence-corrected chi connectivity index (χ1v) is 12.1. The van der Waals surface area contributed by atoms with E-state index in [9.17, 15) is 9.59 Å². The van der Waals surface area contributed by atoms with Gasteiger partial charge in [0.1, 0.15) is 0 Å². The second kappa shape index (κ2) is 12.0. The molecule has 4 rings (SSSR count). The number of carbonyl (C=O) groups is 1. The van der Waals surface area contributed by atoms with Crippen LogP contribution < -0.4 is 5.56 Å². The van der Waals surface area contributed by atoms with E-state index in [2.05, 4.69) is 4.90 Å². The third kappa shape index (κ3) is 6.42. The van der Waals surface area contributed by atoms with E-state index in [1.54, 1.807) is 4.68 Å². The highest BCUT2D eigenvalue weighted by atomic mass is 35.5. The molecule has 33 heavy (non-hydrogen) atoms. The maximum atomic E-state index is 13.2. The zero-order valence-corrected chi connectivity index (χ0v) is 20.1. The van der Waals surface area contributed by atoms with E-state index in [4.69, 9.17) is 21.8 Å². The van der Waals surface area contributed by atoms with Crippen molar-refractivity contribution in [2.24, 2.45) is 0 Å². The fraction of sp³-hybridized carbons (Fsp3) is 0.423. The molecule has 1 aliphatic heterocycles. The van der Waals surface area contributed by atoms with Gasteiger partial charge in [-0.25, -0.2) is 4.68 Å². The highest BCUT2D eigenvalue weighted by molar-refractivity contribution is 6.30. The topological polar surface area (TPSA) is 75.4 Å². The fourth-order valence-electron chi connectivity index (χ4n) is 4.38. The Kier molecular flexibility index (Phi) is 9.03. The largest absolute Gasteiger partial charge is 0.481 e. The van der Waals surface area contributed by atoms with Crippen molar-refractivity contribution in [1.29, 1.82) is 0 Å². The van der Waals surface area contributed by atoms with E-state index in [0.29, 0.717) is 29.8 Å². The zero-order valence-electron chi connectivity index (χ0n) is 19.3. The van der Waals surface area contributed by atoms with Crippen molar-refractivity contribution in [3.8, 4) is 0 Å². The molecule has 2 heterocycles. The van der Waals surface area contributed by atoms with Crippen LogP contribution in [0.15, 0.2) is 53.3 Å². The molecule has 3 aromatic rings. The zero-order chi connectivity index (χ0) is 23.8. The quantitative estimate of drug-likeness (QED) is 0.502. The van der Waals surface area contributed by atoms with Crippen molar-refractivity contribution < 1.29 is 9.90 Å². The summed E-state index contributed by atoms with van der Waals surface area (Å²) >= 11 is 6.02. The van der Waals surface area contributed by atoms with Crippen LogP contribution in [0.2, 0.25) is 5.02 Å². The number of carboxylic acid groups (broad SMARTS) is 1. The summed E-state index contributed by atoms with van der Waals surface area (Å²) < 4.78 is 1.60. The number of aromatic nitrogens is 2. The monoisotopic (exact) mass is 469 g/mol. The molecule has 7 heteroatoms. The third-order valence-electron chi connectivity index (χ3n) is 5.95. The number of nitrogens with zero attached hydrogens (tertiary/aromatic N) is 3. The van der Waals surface area contributed by atoms with Crippen LogP contribution in [0.25, 0.3) is 10.8 Å². The minimum absolute atomic E-state index is 0.0761. The molecular weight excluding hydrogens is 438 g/mol. The number of likely N-dealkylation sites (tertiary alicyclic amines) is 1. The fourth-order valence-corrected chi connectivity index (χ4v) is 4.51. The first kappa shape index (κ1) is 24.9. The van der Waals surface area contributed by atoms with Gasteiger partial charge in [-0.05, 0) is 56.1 Å². The van der Waals surface area contributed by atoms with Crippen LogP contribution in [0.5, 0.6) is 0 Å².